The Morgan fingerprint density at radius 1 is 1.52 bits per heavy atom. The molecule has 23 heavy (non-hydrogen) atoms. The molecule has 122 valence electrons. The Morgan fingerprint density at radius 2 is 2.26 bits per heavy atom. The largest absolute Gasteiger partial charge is 0.344 e. The molecule has 1 amide bonds. The van der Waals surface area contributed by atoms with Gasteiger partial charge in [-0.25, -0.2) is 14.3 Å². The van der Waals surface area contributed by atoms with Crippen molar-refractivity contribution in [1.82, 2.24) is 14.8 Å². The lowest BCUT2D eigenvalue weighted by atomic mass is 10.2. The molecule has 1 aliphatic carbocycles. The van der Waals surface area contributed by atoms with E-state index in [2.05, 4.69) is 15.5 Å². The molecule has 1 aliphatic rings. The highest BCUT2D eigenvalue weighted by atomic mass is 32.2. The molecule has 0 aliphatic heterocycles. The van der Waals surface area contributed by atoms with Crippen LogP contribution in [0.25, 0.3) is 0 Å². The highest BCUT2D eigenvalue weighted by Gasteiger charge is 2.30. The first-order valence-electron chi connectivity index (χ1n) is 7.36. The van der Waals surface area contributed by atoms with E-state index in [9.17, 15) is 14.0 Å². The third-order valence-corrected chi connectivity index (χ3v) is 4.74. The quantitative estimate of drug-likeness (QED) is 0.822. The number of aromatic nitrogens is 3. The predicted molar refractivity (Wildman–Crippen MR) is 86.2 cm³/mol. The first-order chi connectivity index (χ1) is 11.0. The Kier molecular flexibility index (Phi) is 4.25. The summed E-state index contributed by atoms with van der Waals surface area (Å²) in [6.45, 7) is 3.38. The Hall–Kier alpha value is -2.09. The Morgan fingerprint density at radius 3 is 2.91 bits per heavy atom. The van der Waals surface area contributed by atoms with E-state index in [4.69, 9.17) is 0 Å². The number of rotatable bonds is 5. The summed E-state index contributed by atoms with van der Waals surface area (Å²) in [5, 5.41) is 9.12. The molecule has 1 atom stereocenters. The molecule has 8 heteroatoms. The monoisotopic (exact) mass is 336 g/mol. The molecule has 1 saturated carbocycles. The maximum atomic E-state index is 13.5. The molecule has 2 aromatic rings. The van der Waals surface area contributed by atoms with Crippen molar-refractivity contribution >= 4 is 23.4 Å². The summed E-state index contributed by atoms with van der Waals surface area (Å²) in [4.78, 5) is 24.0. The van der Waals surface area contributed by atoms with Gasteiger partial charge in [0, 0.05) is 11.7 Å². The lowest BCUT2D eigenvalue weighted by Gasteiger charge is -2.12. The SMILES string of the molecule is Cc1ccc(NC(=O)[C@@H](C)Sc2n[nH]c(=O)n2C2CC2)cc1F. The van der Waals surface area contributed by atoms with Gasteiger partial charge in [-0.3, -0.25) is 9.36 Å². The van der Waals surface area contributed by atoms with Crippen molar-refractivity contribution in [2.24, 2.45) is 0 Å². The van der Waals surface area contributed by atoms with E-state index in [1.807, 2.05) is 0 Å². The van der Waals surface area contributed by atoms with E-state index in [0.29, 0.717) is 16.4 Å². The second kappa shape index (κ2) is 6.19. The van der Waals surface area contributed by atoms with Crippen LogP contribution >= 0.6 is 11.8 Å². The molecular formula is C15H17FN4O2S. The smallest absolute Gasteiger partial charge is 0.325 e. The van der Waals surface area contributed by atoms with Crippen LogP contribution in [0.1, 0.15) is 31.4 Å². The van der Waals surface area contributed by atoms with Gasteiger partial charge in [-0.15, -0.1) is 5.10 Å². The molecule has 1 fully saturated rings. The molecule has 2 N–H and O–H groups in total. The van der Waals surface area contributed by atoms with E-state index >= 15 is 0 Å². The van der Waals surface area contributed by atoms with Crippen LogP contribution in [0.5, 0.6) is 0 Å². The molecule has 0 spiro atoms. The fraction of sp³-hybridized carbons (Fsp3) is 0.400. The molecule has 1 aromatic carbocycles. The van der Waals surface area contributed by atoms with Crippen molar-refractivity contribution in [3.05, 3.63) is 40.1 Å². The fourth-order valence-corrected chi connectivity index (χ4v) is 3.08. The summed E-state index contributed by atoms with van der Waals surface area (Å²) in [5.74, 6) is -0.631. The molecule has 1 heterocycles. The predicted octanol–water partition coefficient (Wildman–Crippen LogP) is 2.47. The van der Waals surface area contributed by atoms with E-state index in [1.54, 1.807) is 30.5 Å². The van der Waals surface area contributed by atoms with Crippen LogP contribution in [0.15, 0.2) is 28.2 Å². The maximum absolute atomic E-state index is 13.5. The van der Waals surface area contributed by atoms with Crippen LogP contribution in [-0.2, 0) is 4.79 Å². The number of hydrogen-bond donors (Lipinski definition) is 2. The minimum absolute atomic E-state index is 0.185. The van der Waals surface area contributed by atoms with Crippen molar-refractivity contribution in [3.8, 4) is 0 Å². The summed E-state index contributed by atoms with van der Waals surface area (Å²) in [5.41, 5.74) is 0.686. The van der Waals surface area contributed by atoms with Gasteiger partial charge in [-0.05, 0) is 44.4 Å². The Bertz CT molecular complexity index is 797. The number of benzene rings is 1. The number of carbonyl (C=O) groups excluding carboxylic acids is 1. The van der Waals surface area contributed by atoms with E-state index in [-0.39, 0.29) is 23.5 Å². The number of hydrogen-bond acceptors (Lipinski definition) is 4. The molecule has 6 nitrogen and oxygen atoms in total. The van der Waals surface area contributed by atoms with Crippen LogP contribution in [0.3, 0.4) is 0 Å². The fourth-order valence-electron chi connectivity index (χ4n) is 2.15. The zero-order chi connectivity index (χ0) is 16.6. The average molecular weight is 336 g/mol. The number of anilines is 1. The average Bonchev–Trinajstić information content (AvgIpc) is 3.27. The lowest BCUT2D eigenvalue weighted by molar-refractivity contribution is -0.115. The van der Waals surface area contributed by atoms with E-state index in [1.165, 1.54) is 17.8 Å². The molecule has 0 radical (unpaired) electrons. The minimum Gasteiger partial charge on any atom is -0.325 e. The summed E-state index contributed by atoms with van der Waals surface area (Å²) < 4.78 is 15.1. The first-order valence-corrected chi connectivity index (χ1v) is 8.24. The van der Waals surface area contributed by atoms with Crippen LogP contribution < -0.4 is 11.0 Å². The number of nitrogens with zero attached hydrogens (tertiary/aromatic N) is 2. The van der Waals surface area contributed by atoms with Gasteiger partial charge in [0.2, 0.25) is 5.91 Å². The zero-order valence-electron chi connectivity index (χ0n) is 12.8. The van der Waals surface area contributed by atoms with Gasteiger partial charge in [-0.1, -0.05) is 17.8 Å². The highest BCUT2D eigenvalue weighted by Crippen LogP contribution is 2.36. The van der Waals surface area contributed by atoms with Crippen LogP contribution in [-0.4, -0.2) is 25.9 Å². The molecule has 0 bridgehead atoms. The Balaban J connectivity index is 1.68. The van der Waals surface area contributed by atoms with Crippen LogP contribution in [0.4, 0.5) is 10.1 Å². The lowest BCUT2D eigenvalue weighted by Crippen LogP contribution is -2.23. The van der Waals surface area contributed by atoms with Crippen LogP contribution in [0, 0.1) is 12.7 Å². The van der Waals surface area contributed by atoms with Gasteiger partial charge in [-0.2, -0.15) is 0 Å². The second-order valence-electron chi connectivity index (χ2n) is 5.63. The van der Waals surface area contributed by atoms with Crippen molar-refractivity contribution < 1.29 is 9.18 Å². The minimum atomic E-state index is -0.466. The summed E-state index contributed by atoms with van der Waals surface area (Å²) >= 11 is 1.21. The number of halogens is 1. The van der Waals surface area contributed by atoms with Crippen molar-refractivity contribution in [2.75, 3.05) is 5.32 Å². The normalized spacial score (nSPS) is 15.4. The van der Waals surface area contributed by atoms with Crippen molar-refractivity contribution in [1.29, 1.82) is 0 Å². The topological polar surface area (TPSA) is 79.8 Å². The number of carbonyl (C=O) groups is 1. The third kappa shape index (κ3) is 3.47. The van der Waals surface area contributed by atoms with Gasteiger partial charge < -0.3 is 5.32 Å². The van der Waals surface area contributed by atoms with Gasteiger partial charge >= 0.3 is 5.69 Å². The number of amides is 1. The van der Waals surface area contributed by atoms with Crippen LogP contribution in [0.2, 0.25) is 0 Å². The molecule has 0 unspecified atom stereocenters. The molecular weight excluding hydrogens is 319 g/mol. The Labute approximate surface area is 136 Å². The molecule has 3 rings (SSSR count). The first kappa shape index (κ1) is 15.8. The summed E-state index contributed by atoms with van der Waals surface area (Å²) in [7, 11) is 0. The standard InChI is InChI=1S/C15H17FN4O2S/c1-8-3-4-10(7-12(8)16)17-13(21)9(2)23-15-19-18-14(22)20(15)11-5-6-11/h3-4,7,9,11H,5-6H2,1-2H3,(H,17,21)(H,18,22)/t9-/m1/s1. The van der Waals surface area contributed by atoms with E-state index in [0.717, 1.165) is 12.8 Å². The van der Waals surface area contributed by atoms with Gasteiger partial charge in [0.1, 0.15) is 5.82 Å². The van der Waals surface area contributed by atoms with Gasteiger partial charge in [0.05, 0.1) is 5.25 Å². The third-order valence-electron chi connectivity index (χ3n) is 3.67. The summed E-state index contributed by atoms with van der Waals surface area (Å²) in [6, 6.07) is 4.74. The molecule has 0 saturated heterocycles. The van der Waals surface area contributed by atoms with Gasteiger partial charge in [0.25, 0.3) is 0 Å². The zero-order valence-corrected chi connectivity index (χ0v) is 13.6. The second-order valence-corrected chi connectivity index (χ2v) is 6.93. The number of nitrogens with one attached hydrogen (secondary N) is 2. The number of H-pyrrole nitrogens is 1. The van der Waals surface area contributed by atoms with Crippen molar-refractivity contribution in [2.45, 2.75) is 43.1 Å². The van der Waals surface area contributed by atoms with E-state index < -0.39 is 5.25 Å². The van der Waals surface area contributed by atoms with Gasteiger partial charge in [0.15, 0.2) is 5.16 Å². The number of thioether (sulfide) groups is 1. The highest BCUT2D eigenvalue weighted by molar-refractivity contribution is 8.00. The number of aromatic amines is 1. The molecule has 1 aromatic heterocycles. The van der Waals surface area contributed by atoms with Crippen molar-refractivity contribution in [3.63, 3.8) is 0 Å². The maximum Gasteiger partial charge on any atom is 0.344 e. The summed E-state index contributed by atoms with van der Waals surface area (Å²) in [6.07, 6.45) is 1.91. The number of aryl methyl sites for hydroxylation is 1.